The number of nitrogens with zero attached hydrogens (tertiary/aromatic N) is 2. The third-order valence-corrected chi connectivity index (χ3v) is 23.1. The molecule has 0 spiro atoms. The topological polar surface area (TPSA) is 9.86 Å². The van der Waals surface area contributed by atoms with Crippen LogP contribution in [-0.2, 0) is 0 Å². The van der Waals surface area contributed by atoms with Gasteiger partial charge < -0.3 is 0 Å². The zero-order valence-corrected chi connectivity index (χ0v) is 39.9. The normalized spacial score (nSPS) is 14.1. The summed E-state index contributed by atoms with van der Waals surface area (Å²) in [6.45, 7) is 0.508. The molecule has 2 nitrogen and oxygen atoms in total. The van der Waals surface area contributed by atoms with E-state index in [0.29, 0.717) is 0 Å². The Morgan fingerprint density at radius 3 is 0.984 bits per heavy atom. The van der Waals surface area contributed by atoms with Gasteiger partial charge in [0.2, 0.25) is 0 Å². The van der Waals surface area contributed by atoms with Crippen molar-refractivity contribution in [3.05, 3.63) is 182 Å². The minimum atomic E-state index is 0.169. The van der Waals surface area contributed by atoms with E-state index >= 15 is 0 Å². The van der Waals surface area contributed by atoms with E-state index in [9.17, 15) is 0 Å². The molecule has 11 aromatic rings. The van der Waals surface area contributed by atoms with Gasteiger partial charge >= 0.3 is 388 Å². The van der Waals surface area contributed by atoms with Crippen LogP contribution in [0.3, 0.4) is 0 Å². The molecule has 286 valence electrons. The minimum absolute atomic E-state index is 0.169. The van der Waals surface area contributed by atoms with Gasteiger partial charge in [0, 0.05) is 0 Å². The molecule has 0 saturated carbocycles. The van der Waals surface area contributed by atoms with Crippen molar-refractivity contribution in [1.29, 1.82) is 0 Å². The molecule has 0 radical (unpaired) electrons. The molecular weight excluding hydrogens is 1010 g/mol. The van der Waals surface area contributed by atoms with Crippen molar-refractivity contribution in [1.82, 2.24) is 9.13 Å². The van der Waals surface area contributed by atoms with Gasteiger partial charge in [-0.05, 0) is 0 Å². The first-order valence-electron chi connectivity index (χ1n) is 21.1. The summed E-state index contributed by atoms with van der Waals surface area (Å²) in [7, 11) is 0. The maximum atomic E-state index is 2.73. The molecule has 15 rings (SSSR count). The number of benzene rings is 9. The molecule has 62 heavy (non-hydrogen) atoms. The Hall–Kier alpha value is -5.21. The fraction of sp³-hybridized carbons (Fsp3) is 0. The van der Waals surface area contributed by atoms with Crippen molar-refractivity contribution in [2.45, 2.75) is 0 Å². The van der Waals surface area contributed by atoms with Gasteiger partial charge in [-0.25, -0.2) is 0 Å². The second-order valence-corrected chi connectivity index (χ2v) is 25.8. The van der Waals surface area contributed by atoms with Gasteiger partial charge in [-0.3, -0.25) is 0 Å². The summed E-state index contributed by atoms with van der Waals surface area (Å²) in [5.41, 5.74) is 17.1. The van der Waals surface area contributed by atoms with Gasteiger partial charge in [-0.1, -0.05) is 0 Å². The molecule has 0 atom stereocenters. The van der Waals surface area contributed by atoms with Gasteiger partial charge in [0.15, 0.2) is 0 Å². The molecular formula is C54H30B2N2Se4. The Morgan fingerprint density at radius 1 is 0.274 bits per heavy atom. The summed E-state index contributed by atoms with van der Waals surface area (Å²) in [4.78, 5) is 0. The summed E-state index contributed by atoms with van der Waals surface area (Å²) in [6, 6.07) is 70.4. The van der Waals surface area contributed by atoms with E-state index in [1.165, 1.54) is 74.8 Å². The summed E-state index contributed by atoms with van der Waals surface area (Å²) >= 11 is 0.788. The van der Waals surface area contributed by atoms with E-state index in [2.05, 4.69) is 191 Å². The van der Waals surface area contributed by atoms with Crippen molar-refractivity contribution in [3.63, 3.8) is 0 Å². The van der Waals surface area contributed by atoms with Crippen molar-refractivity contribution in [2.75, 3.05) is 0 Å². The maximum absolute atomic E-state index is 2.73. The molecule has 0 saturated heterocycles. The summed E-state index contributed by atoms with van der Waals surface area (Å²) in [5, 5.41) is 5.29. The molecule has 4 aliphatic rings. The zero-order valence-electron chi connectivity index (χ0n) is 33.0. The molecule has 2 aromatic heterocycles. The summed E-state index contributed by atoms with van der Waals surface area (Å²) in [6.07, 6.45) is 0. The molecule has 0 fully saturated rings. The average molecular weight is 1040 g/mol. The summed E-state index contributed by atoms with van der Waals surface area (Å²) < 4.78 is 17.5. The Kier molecular flexibility index (Phi) is 7.49. The summed E-state index contributed by atoms with van der Waals surface area (Å²) in [5.74, 6) is 0. The first-order valence-corrected chi connectivity index (χ1v) is 28.0. The third kappa shape index (κ3) is 4.85. The predicted octanol–water partition coefficient (Wildman–Crippen LogP) is 0.787. The molecule has 6 heterocycles. The number of rotatable bonds is 2. The Bertz CT molecular complexity index is 3460. The quantitative estimate of drug-likeness (QED) is 0.227. The van der Waals surface area contributed by atoms with E-state index in [1.54, 1.807) is 48.6 Å². The predicted molar refractivity (Wildman–Crippen MR) is 270 cm³/mol. The van der Waals surface area contributed by atoms with Crippen LogP contribution >= 0.6 is 0 Å². The Labute approximate surface area is 384 Å². The molecule has 9 aromatic carbocycles. The van der Waals surface area contributed by atoms with Crippen LogP contribution in [-0.4, -0.2) is 82.4 Å². The van der Waals surface area contributed by atoms with Crippen molar-refractivity contribution >= 4 is 185 Å². The molecule has 0 N–H and O–H groups in total. The monoisotopic (exact) mass is 1050 g/mol. The van der Waals surface area contributed by atoms with Gasteiger partial charge in [0.1, 0.15) is 0 Å². The first-order chi connectivity index (χ1) is 30.7. The zero-order chi connectivity index (χ0) is 40.2. The van der Waals surface area contributed by atoms with E-state index in [1.807, 2.05) is 0 Å². The SMILES string of the molecule is c1ccc2c(c1)[Se]c1cc(-n3c4ccccc4c4ccccc43)cc3c1B2c1cc2c(cc1[Se]3)[Se]c1cc(-n3c4ccccc4c4ccccc43)cc3c1B2c1ccccc1[Se]3. The van der Waals surface area contributed by atoms with E-state index < -0.39 is 0 Å². The van der Waals surface area contributed by atoms with Crippen LogP contribution in [0.15, 0.2) is 182 Å². The number of aromatic nitrogens is 2. The number of fused-ring (bicyclic) bond motifs is 14. The van der Waals surface area contributed by atoms with Crippen LogP contribution in [0.1, 0.15) is 0 Å². The fourth-order valence-corrected chi connectivity index (χ4v) is 22.3. The first kappa shape index (κ1) is 35.3. The number of para-hydroxylation sites is 4. The number of hydrogen-bond acceptors (Lipinski definition) is 0. The second kappa shape index (κ2) is 13.2. The van der Waals surface area contributed by atoms with Gasteiger partial charge in [0.25, 0.3) is 0 Å². The van der Waals surface area contributed by atoms with Crippen LogP contribution in [0.4, 0.5) is 0 Å². The molecule has 0 amide bonds. The number of hydrogen-bond donors (Lipinski definition) is 0. The van der Waals surface area contributed by atoms with Crippen molar-refractivity contribution in [2.24, 2.45) is 0 Å². The standard InChI is InChI=1S/C54H30B2N2Se4/c1-7-19-41-33(13-1)34-14-2-8-20-42(34)57(41)31-25-49-53-51(27-31)61-47-30-48-40(29-39(47)55(53)37-17-5-11-23-45(37)59-49)56-38-18-6-12-24-46(38)60-50-26-32(28-52(62-48)54(50)56)58-43-21-9-3-15-35(43)36-16-4-10-22-44(36)58/h1-30H. The van der Waals surface area contributed by atoms with Gasteiger partial charge in [-0.15, -0.1) is 0 Å². The van der Waals surface area contributed by atoms with E-state index in [4.69, 9.17) is 0 Å². The van der Waals surface area contributed by atoms with Crippen LogP contribution in [0.2, 0.25) is 0 Å². The van der Waals surface area contributed by atoms with Crippen molar-refractivity contribution in [3.8, 4) is 11.4 Å². The molecule has 8 heteroatoms. The van der Waals surface area contributed by atoms with Crippen LogP contribution in [0.25, 0.3) is 55.0 Å². The Morgan fingerprint density at radius 2 is 0.597 bits per heavy atom. The van der Waals surface area contributed by atoms with Crippen LogP contribution in [0.5, 0.6) is 0 Å². The van der Waals surface area contributed by atoms with Crippen molar-refractivity contribution < 1.29 is 0 Å². The third-order valence-electron chi connectivity index (χ3n) is 13.5. The second-order valence-electron chi connectivity index (χ2n) is 16.7. The molecule has 4 aliphatic heterocycles. The molecule has 0 bridgehead atoms. The average Bonchev–Trinajstić information content (AvgIpc) is 3.84. The van der Waals surface area contributed by atoms with E-state index in [0.717, 1.165) is 0 Å². The Balaban J connectivity index is 0.948. The fourth-order valence-electron chi connectivity index (χ4n) is 11.0. The molecule has 0 unspecified atom stereocenters. The van der Waals surface area contributed by atoms with Gasteiger partial charge in [0.05, 0.1) is 0 Å². The van der Waals surface area contributed by atoms with E-state index in [-0.39, 0.29) is 73.3 Å². The van der Waals surface area contributed by atoms with Crippen LogP contribution < -0.4 is 68.5 Å². The molecule has 0 aliphatic carbocycles. The van der Waals surface area contributed by atoms with Crippen LogP contribution in [0, 0.1) is 0 Å². The van der Waals surface area contributed by atoms with Gasteiger partial charge in [-0.2, -0.15) is 0 Å².